The Hall–Kier alpha value is -3.10. The predicted molar refractivity (Wildman–Crippen MR) is 126 cm³/mol. The molecular weight excluding hydrogens is 442 g/mol. The molecule has 1 aliphatic carbocycles. The van der Waals surface area contributed by atoms with Gasteiger partial charge in [0.15, 0.2) is 0 Å². The summed E-state index contributed by atoms with van der Waals surface area (Å²) in [6, 6.07) is 10.4. The summed E-state index contributed by atoms with van der Waals surface area (Å²) >= 11 is 6.49. The Kier molecular flexibility index (Phi) is 5.95. The van der Waals surface area contributed by atoms with Crippen LogP contribution in [0.4, 0.5) is 5.69 Å². The molecule has 1 aliphatic heterocycles. The Balaban J connectivity index is 1.40. The van der Waals surface area contributed by atoms with Crippen LogP contribution in [0.3, 0.4) is 0 Å². The number of halogens is 1. The number of amides is 1. The van der Waals surface area contributed by atoms with E-state index in [-0.39, 0.29) is 28.2 Å². The van der Waals surface area contributed by atoms with Gasteiger partial charge < -0.3 is 10.4 Å². The summed E-state index contributed by atoms with van der Waals surface area (Å²) in [6.45, 7) is 1.89. The number of hydrogen-bond donors (Lipinski definition) is 2. The van der Waals surface area contributed by atoms with Crippen LogP contribution in [-0.2, 0) is 13.1 Å². The first-order chi connectivity index (χ1) is 16.0. The minimum atomic E-state index is -0.360. The maximum atomic E-state index is 13.1. The van der Waals surface area contributed by atoms with Gasteiger partial charge in [0.05, 0.1) is 16.4 Å². The van der Waals surface area contributed by atoms with Crippen molar-refractivity contribution >= 4 is 23.2 Å². The lowest BCUT2D eigenvalue weighted by atomic mass is 9.94. The van der Waals surface area contributed by atoms with Gasteiger partial charge in [0.25, 0.3) is 5.91 Å². The highest BCUT2D eigenvalue weighted by Gasteiger charge is 2.30. The van der Waals surface area contributed by atoms with Crippen molar-refractivity contribution in [1.82, 2.24) is 19.0 Å². The number of carbonyl (C=O) groups is 1. The van der Waals surface area contributed by atoms with E-state index in [9.17, 15) is 14.7 Å². The Morgan fingerprint density at radius 1 is 1.12 bits per heavy atom. The van der Waals surface area contributed by atoms with Crippen LogP contribution in [0.5, 0.6) is 5.88 Å². The van der Waals surface area contributed by atoms with Crippen molar-refractivity contribution in [2.45, 2.75) is 51.2 Å². The normalized spacial score (nSPS) is 17.0. The van der Waals surface area contributed by atoms with Crippen LogP contribution in [0, 0.1) is 0 Å². The lowest BCUT2D eigenvalue weighted by Crippen LogP contribution is -2.43. The first-order valence-electron chi connectivity index (χ1n) is 11.3. The number of nitrogens with one attached hydrogen (secondary N) is 1. The third kappa shape index (κ3) is 4.16. The monoisotopic (exact) mass is 467 g/mol. The SMILES string of the molecule is O=C(Nc1ccc(-n2c(O)c3n(c2=O)CCN(C2CCCCC2)C3)c(Cl)c1)c1ccccn1. The quantitative estimate of drug-likeness (QED) is 0.609. The number of imidazole rings is 1. The minimum Gasteiger partial charge on any atom is -0.493 e. The van der Waals surface area contributed by atoms with Gasteiger partial charge in [0.2, 0.25) is 5.88 Å². The van der Waals surface area contributed by atoms with E-state index in [1.54, 1.807) is 47.2 Å². The third-order valence-corrected chi connectivity index (χ3v) is 6.92. The number of anilines is 1. The van der Waals surface area contributed by atoms with Gasteiger partial charge in [-0.15, -0.1) is 0 Å². The summed E-state index contributed by atoms with van der Waals surface area (Å²) in [5, 5.41) is 14.0. The maximum absolute atomic E-state index is 13.1. The molecule has 1 fully saturated rings. The lowest BCUT2D eigenvalue weighted by molar-refractivity contribution is 0.102. The lowest BCUT2D eigenvalue weighted by Gasteiger charge is -2.36. The zero-order chi connectivity index (χ0) is 22.9. The van der Waals surface area contributed by atoms with Gasteiger partial charge in [0.1, 0.15) is 5.69 Å². The summed E-state index contributed by atoms with van der Waals surface area (Å²) in [5.41, 5.74) is 1.45. The summed E-state index contributed by atoms with van der Waals surface area (Å²) < 4.78 is 2.90. The largest absolute Gasteiger partial charge is 0.493 e. The number of fused-ring (bicyclic) bond motifs is 1. The predicted octanol–water partition coefficient (Wildman–Crippen LogP) is 3.79. The standard InChI is InChI=1S/C24H26ClN5O3/c25-18-14-16(27-22(31)19-8-4-5-11-26-19)9-10-20(18)30-23(32)21-15-28(12-13-29(21)24(30)33)17-6-2-1-3-7-17/h4-5,8-11,14,17,32H,1-3,6-7,12-13,15H2,(H,27,31). The fourth-order valence-corrected chi connectivity index (χ4v) is 5.16. The van der Waals surface area contributed by atoms with E-state index in [1.807, 2.05) is 0 Å². The molecule has 172 valence electrons. The Morgan fingerprint density at radius 2 is 1.94 bits per heavy atom. The molecule has 3 heterocycles. The molecule has 2 N–H and O–H groups in total. The molecule has 0 unspecified atom stereocenters. The van der Waals surface area contributed by atoms with Crippen LogP contribution in [0.1, 0.15) is 48.3 Å². The topological polar surface area (TPSA) is 92.4 Å². The van der Waals surface area contributed by atoms with Crippen LogP contribution >= 0.6 is 11.6 Å². The van der Waals surface area contributed by atoms with Crippen LogP contribution in [0.15, 0.2) is 47.4 Å². The number of aromatic hydroxyl groups is 1. The van der Waals surface area contributed by atoms with E-state index in [0.29, 0.717) is 36.2 Å². The van der Waals surface area contributed by atoms with Gasteiger partial charge in [-0.2, -0.15) is 0 Å². The highest BCUT2D eigenvalue weighted by atomic mass is 35.5. The zero-order valence-electron chi connectivity index (χ0n) is 18.2. The first kappa shape index (κ1) is 21.7. The van der Waals surface area contributed by atoms with Crippen molar-refractivity contribution in [2.24, 2.45) is 0 Å². The van der Waals surface area contributed by atoms with E-state index in [4.69, 9.17) is 11.6 Å². The summed E-state index contributed by atoms with van der Waals surface area (Å²) in [6.07, 6.45) is 7.64. The summed E-state index contributed by atoms with van der Waals surface area (Å²) in [5.74, 6) is -0.436. The van der Waals surface area contributed by atoms with Crippen LogP contribution in [0.2, 0.25) is 5.02 Å². The molecule has 0 spiro atoms. The van der Waals surface area contributed by atoms with E-state index >= 15 is 0 Å². The highest BCUT2D eigenvalue weighted by molar-refractivity contribution is 6.32. The molecule has 1 amide bonds. The molecule has 2 aromatic heterocycles. The van der Waals surface area contributed by atoms with Gasteiger partial charge in [0, 0.05) is 37.6 Å². The van der Waals surface area contributed by atoms with E-state index in [0.717, 1.165) is 6.54 Å². The molecule has 8 nitrogen and oxygen atoms in total. The second-order valence-corrected chi connectivity index (χ2v) is 9.04. The Labute approximate surface area is 196 Å². The number of hydrogen-bond acceptors (Lipinski definition) is 5. The number of rotatable bonds is 4. The second kappa shape index (κ2) is 9.03. The molecule has 0 bridgehead atoms. The fraction of sp³-hybridized carbons (Fsp3) is 0.375. The molecule has 0 atom stereocenters. The molecule has 3 aromatic rings. The summed E-state index contributed by atoms with van der Waals surface area (Å²) in [7, 11) is 0. The maximum Gasteiger partial charge on any atom is 0.336 e. The van der Waals surface area contributed by atoms with Crippen LogP contribution in [-0.4, -0.2) is 42.6 Å². The van der Waals surface area contributed by atoms with Gasteiger partial charge >= 0.3 is 5.69 Å². The van der Waals surface area contributed by atoms with Crippen molar-refractivity contribution in [2.75, 3.05) is 11.9 Å². The molecule has 0 radical (unpaired) electrons. The van der Waals surface area contributed by atoms with Gasteiger partial charge in [-0.1, -0.05) is 36.9 Å². The Bertz CT molecular complexity index is 1230. The molecule has 1 saturated carbocycles. The van der Waals surface area contributed by atoms with Crippen molar-refractivity contribution in [1.29, 1.82) is 0 Å². The number of pyridine rings is 1. The van der Waals surface area contributed by atoms with Crippen LogP contribution < -0.4 is 11.0 Å². The molecule has 33 heavy (non-hydrogen) atoms. The average Bonchev–Trinajstić information content (AvgIpc) is 3.10. The minimum absolute atomic E-state index is 0.0762. The number of carbonyl (C=O) groups excluding carboxylic acids is 1. The number of benzene rings is 1. The van der Waals surface area contributed by atoms with Crippen molar-refractivity contribution in [3.05, 3.63) is 69.5 Å². The second-order valence-electron chi connectivity index (χ2n) is 8.64. The van der Waals surface area contributed by atoms with E-state index in [1.165, 1.54) is 36.7 Å². The molecule has 0 saturated heterocycles. The fourth-order valence-electron chi connectivity index (χ4n) is 4.90. The molecule has 2 aliphatic rings. The van der Waals surface area contributed by atoms with Gasteiger partial charge in [-0.25, -0.2) is 9.36 Å². The number of aromatic nitrogens is 3. The van der Waals surface area contributed by atoms with E-state index < -0.39 is 0 Å². The molecule has 5 rings (SSSR count). The van der Waals surface area contributed by atoms with Crippen molar-refractivity contribution < 1.29 is 9.90 Å². The molecule has 1 aromatic carbocycles. The van der Waals surface area contributed by atoms with E-state index in [2.05, 4.69) is 15.2 Å². The number of nitrogens with zero attached hydrogens (tertiary/aromatic N) is 4. The third-order valence-electron chi connectivity index (χ3n) is 6.62. The van der Waals surface area contributed by atoms with Crippen molar-refractivity contribution in [3.8, 4) is 11.6 Å². The first-order valence-corrected chi connectivity index (χ1v) is 11.7. The molecular formula is C24H26ClN5O3. The van der Waals surface area contributed by atoms with Gasteiger partial charge in [-0.3, -0.25) is 19.2 Å². The average molecular weight is 468 g/mol. The van der Waals surface area contributed by atoms with Crippen LogP contribution in [0.25, 0.3) is 5.69 Å². The van der Waals surface area contributed by atoms with Crippen molar-refractivity contribution in [3.63, 3.8) is 0 Å². The highest BCUT2D eigenvalue weighted by Crippen LogP contribution is 2.32. The molecule has 9 heteroatoms. The van der Waals surface area contributed by atoms with Gasteiger partial charge in [-0.05, 0) is 43.2 Å². The smallest absolute Gasteiger partial charge is 0.336 e. The summed E-state index contributed by atoms with van der Waals surface area (Å²) in [4.78, 5) is 31.9. The Morgan fingerprint density at radius 3 is 2.67 bits per heavy atom. The zero-order valence-corrected chi connectivity index (χ0v) is 19.0.